The van der Waals surface area contributed by atoms with Gasteiger partial charge in [-0.2, -0.15) is 0 Å². The van der Waals surface area contributed by atoms with E-state index in [1.165, 1.54) is 5.56 Å². The van der Waals surface area contributed by atoms with E-state index in [-0.39, 0.29) is 5.91 Å². The first-order valence-electron chi connectivity index (χ1n) is 8.29. The standard InChI is InChI=1S/C18H26BrNO2/c1-3-15-6-7-17(16(19)13-15)22-12-4-5-18(21)20-10-8-14(2)9-11-20/h6-7,13-14H,3-5,8-12H2,1-2H3. The number of hydrogen-bond donors (Lipinski definition) is 0. The molecule has 0 radical (unpaired) electrons. The van der Waals surface area contributed by atoms with Crippen LogP contribution in [0.5, 0.6) is 5.75 Å². The smallest absolute Gasteiger partial charge is 0.222 e. The third kappa shape index (κ3) is 5.01. The zero-order valence-electron chi connectivity index (χ0n) is 13.6. The Kier molecular flexibility index (Phi) is 6.74. The number of likely N-dealkylation sites (tertiary alicyclic amines) is 1. The summed E-state index contributed by atoms with van der Waals surface area (Å²) >= 11 is 3.54. The van der Waals surface area contributed by atoms with Crippen LogP contribution in [0.15, 0.2) is 22.7 Å². The molecular formula is C18H26BrNO2. The first-order chi connectivity index (χ1) is 10.6. The molecule has 0 bridgehead atoms. The van der Waals surface area contributed by atoms with Gasteiger partial charge in [-0.15, -0.1) is 0 Å². The fourth-order valence-corrected chi connectivity index (χ4v) is 3.24. The Hall–Kier alpha value is -1.03. The molecule has 0 N–H and O–H groups in total. The van der Waals surface area contributed by atoms with Crippen LogP contribution >= 0.6 is 15.9 Å². The van der Waals surface area contributed by atoms with E-state index < -0.39 is 0 Å². The number of carbonyl (C=O) groups is 1. The van der Waals surface area contributed by atoms with Gasteiger partial charge >= 0.3 is 0 Å². The van der Waals surface area contributed by atoms with E-state index in [0.717, 1.165) is 54.9 Å². The van der Waals surface area contributed by atoms with Crippen molar-refractivity contribution >= 4 is 21.8 Å². The highest BCUT2D eigenvalue weighted by molar-refractivity contribution is 9.10. The number of nitrogens with zero attached hydrogens (tertiary/aromatic N) is 1. The van der Waals surface area contributed by atoms with E-state index in [4.69, 9.17) is 4.74 Å². The molecule has 22 heavy (non-hydrogen) atoms. The van der Waals surface area contributed by atoms with Crippen molar-refractivity contribution in [2.45, 2.75) is 46.0 Å². The summed E-state index contributed by atoms with van der Waals surface area (Å²) in [6, 6.07) is 6.17. The van der Waals surface area contributed by atoms with Gasteiger partial charge in [-0.1, -0.05) is 19.9 Å². The van der Waals surface area contributed by atoms with Gasteiger partial charge in [0.15, 0.2) is 0 Å². The molecule has 1 fully saturated rings. The zero-order valence-corrected chi connectivity index (χ0v) is 15.2. The second-order valence-corrected chi connectivity index (χ2v) is 6.99. The molecule has 1 aromatic carbocycles. The molecule has 2 rings (SSSR count). The Morgan fingerprint density at radius 3 is 2.73 bits per heavy atom. The molecule has 1 saturated heterocycles. The van der Waals surface area contributed by atoms with Gasteiger partial charge in [0.1, 0.15) is 5.75 Å². The minimum absolute atomic E-state index is 0.274. The minimum atomic E-state index is 0.274. The summed E-state index contributed by atoms with van der Waals surface area (Å²) in [6.45, 7) is 6.82. The van der Waals surface area contributed by atoms with Crippen molar-refractivity contribution in [3.63, 3.8) is 0 Å². The van der Waals surface area contributed by atoms with Crippen LogP contribution < -0.4 is 4.74 Å². The second-order valence-electron chi connectivity index (χ2n) is 6.13. The van der Waals surface area contributed by atoms with Crippen LogP contribution in [0.25, 0.3) is 0 Å². The van der Waals surface area contributed by atoms with Crippen LogP contribution in [-0.4, -0.2) is 30.5 Å². The fourth-order valence-electron chi connectivity index (χ4n) is 2.70. The Morgan fingerprint density at radius 2 is 2.09 bits per heavy atom. The molecule has 0 aromatic heterocycles. The molecule has 0 saturated carbocycles. The molecule has 0 atom stereocenters. The number of hydrogen-bond acceptors (Lipinski definition) is 2. The lowest BCUT2D eigenvalue weighted by atomic mass is 9.99. The maximum Gasteiger partial charge on any atom is 0.222 e. The summed E-state index contributed by atoms with van der Waals surface area (Å²) in [4.78, 5) is 14.1. The molecule has 0 unspecified atom stereocenters. The number of benzene rings is 1. The fraction of sp³-hybridized carbons (Fsp3) is 0.611. The van der Waals surface area contributed by atoms with Gasteiger partial charge < -0.3 is 9.64 Å². The SMILES string of the molecule is CCc1ccc(OCCCC(=O)N2CCC(C)CC2)c(Br)c1. The van der Waals surface area contributed by atoms with Crippen LogP contribution in [0, 0.1) is 5.92 Å². The van der Waals surface area contributed by atoms with Crippen molar-refractivity contribution in [3.8, 4) is 5.75 Å². The number of aryl methyl sites for hydroxylation is 1. The Labute approximate surface area is 142 Å². The predicted molar refractivity (Wildman–Crippen MR) is 93.2 cm³/mol. The molecule has 1 heterocycles. The largest absolute Gasteiger partial charge is 0.492 e. The lowest BCUT2D eigenvalue weighted by molar-refractivity contribution is -0.132. The number of piperidine rings is 1. The van der Waals surface area contributed by atoms with Crippen molar-refractivity contribution in [1.82, 2.24) is 4.90 Å². The van der Waals surface area contributed by atoms with Crippen molar-refractivity contribution < 1.29 is 9.53 Å². The number of carbonyl (C=O) groups excluding carboxylic acids is 1. The summed E-state index contributed by atoms with van der Waals surface area (Å²) in [5, 5.41) is 0. The second kappa shape index (κ2) is 8.56. The average molecular weight is 368 g/mol. The lowest BCUT2D eigenvalue weighted by Crippen LogP contribution is -2.37. The molecule has 1 amide bonds. The van der Waals surface area contributed by atoms with Crippen molar-refractivity contribution in [2.24, 2.45) is 5.92 Å². The Balaban J connectivity index is 1.69. The topological polar surface area (TPSA) is 29.5 Å². The van der Waals surface area contributed by atoms with Crippen molar-refractivity contribution in [3.05, 3.63) is 28.2 Å². The quantitative estimate of drug-likeness (QED) is 0.696. The summed E-state index contributed by atoms with van der Waals surface area (Å²) in [5.41, 5.74) is 1.29. The first kappa shape index (κ1) is 17.3. The molecule has 0 spiro atoms. The highest BCUT2D eigenvalue weighted by Crippen LogP contribution is 2.26. The Morgan fingerprint density at radius 1 is 1.36 bits per heavy atom. The number of halogens is 1. The lowest BCUT2D eigenvalue weighted by Gasteiger charge is -2.30. The highest BCUT2D eigenvalue weighted by Gasteiger charge is 2.19. The van der Waals surface area contributed by atoms with E-state index in [0.29, 0.717) is 13.0 Å². The molecule has 4 heteroatoms. The van der Waals surface area contributed by atoms with Gasteiger partial charge in [0.2, 0.25) is 5.91 Å². The third-order valence-electron chi connectivity index (χ3n) is 4.33. The van der Waals surface area contributed by atoms with E-state index in [1.807, 2.05) is 11.0 Å². The number of amides is 1. The van der Waals surface area contributed by atoms with E-state index >= 15 is 0 Å². The van der Waals surface area contributed by atoms with Crippen LogP contribution in [0.2, 0.25) is 0 Å². The van der Waals surface area contributed by atoms with Crippen LogP contribution in [0.1, 0.15) is 45.1 Å². The number of ether oxygens (including phenoxy) is 1. The zero-order chi connectivity index (χ0) is 15.9. The number of rotatable bonds is 6. The van der Waals surface area contributed by atoms with Crippen LogP contribution in [-0.2, 0) is 11.2 Å². The molecule has 1 aromatic rings. The summed E-state index contributed by atoms with van der Waals surface area (Å²) < 4.78 is 6.76. The van der Waals surface area contributed by atoms with Crippen molar-refractivity contribution in [2.75, 3.05) is 19.7 Å². The average Bonchev–Trinajstić information content (AvgIpc) is 2.53. The molecule has 122 valence electrons. The van der Waals surface area contributed by atoms with E-state index in [2.05, 4.69) is 41.9 Å². The monoisotopic (exact) mass is 367 g/mol. The minimum Gasteiger partial charge on any atom is -0.492 e. The molecule has 1 aliphatic heterocycles. The molecule has 1 aliphatic rings. The van der Waals surface area contributed by atoms with Gasteiger partial charge in [0, 0.05) is 19.5 Å². The summed E-state index contributed by atoms with van der Waals surface area (Å²) in [7, 11) is 0. The highest BCUT2D eigenvalue weighted by atomic mass is 79.9. The van der Waals surface area contributed by atoms with Gasteiger partial charge in [-0.25, -0.2) is 0 Å². The van der Waals surface area contributed by atoms with Crippen LogP contribution in [0.3, 0.4) is 0 Å². The third-order valence-corrected chi connectivity index (χ3v) is 4.95. The van der Waals surface area contributed by atoms with E-state index in [1.54, 1.807) is 0 Å². The summed E-state index contributed by atoms with van der Waals surface area (Å²) in [5.74, 6) is 1.89. The normalized spacial score (nSPS) is 15.9. The van der Waals surface area contributed by atoms with Gasteiger partial charge in [-0.3, -0.25) is 4.79 Å². The molecular weight excluding hydrogens is 342 g/mol. The molecule has 3 nitrogen and oxygen atoms in total. The van der Waals surface area contributed by atoms with Crippen molar-refractivity contribution in [1.29, 1.82) is 0 Å². The predicted octanol–water partition coefficient (Wildman–Crippen LogP) is 4.43. The van der Waals surface area contributed by atoms with E-state index in [9.17, 15) is 4.79 Å². The Bertz CT molecular complexity index is 496. The van der Waals surface area contributed by atoms with Gasteiger partial charge in [0.25, 0.3) is 0 Å². The molecule has 0 aliphatic carbocycles. The summed E-state index contributed by atoms with van der Waals surface area (Å²) in [6.07, 6.45) is 4.64. The van der Waals surface area contributed by atoms with Gasteiger partial charge in [-0.05, 0) is 65.2 Å². The first-order valence-corrected chi connectivity index (χ1v) is 9.08. The van der Waals surface area contributed by atoms with Gasteiger partial charge in [0.05, 0.1) is 11.1 Å². The maximum absolute atomic E-state index is 12.1. The maximum atomic E-state index is 12.1. The van der Waals surface area contributed by atoms with Crippen LogP contribution in [0.4, 0.5) is 0 Å².